The van der Waals surface area contributed by atoms with Gasteiger partial charge in [-0.3, -0.25) is 9.48 Å². The molecule has 6 heteroatoms. The van der Waals surface area contributed by atoms with Crippen molar-refractivity contribution in [2.24, 2.45) is 0 Å². The van der Waals surface area contributed by atoms with Crippen LogP contribution in [-0.2, 0) is 17.8 Å². The van der Waals surface area contributed by atoms with Gasteiger partial charge in [-0.2, -0.15) is 10.4 Å². The SMILES string of the molecule is Cc1nn(CCC#N)c(C)c1CCC(=O)Nc1ccc(OC(C)C)cc1. The molecule has 0 aliphatic carbocycles. The van der Waals surface area contributed by atoms with E-state index in [1.165, 1.54) is 0 Å². The second kappa shape index (κ2) is 9.04. The summed E-state index contributed by atoms with van der Waals surface area (Å²) in [5, 5.41) is 16.1. The summed E-state index contributed by atoms with van der Waals surface area (Å²) in [7, 11) is 0. The third-order valence-corrected chi connectivity index (χ3v) is 4.08. The molecule has 0 saturated heterocycles. The van der Waals surface area contributed by atoms with Crippen LogP contribution in [0.25, 0.3) is 0 Å². The number of rotatable bonds is 8. The van der Waals surface area contributed by atoms with Crippen LogP contribution >= 0.6 is 0 Å². The number of anilines is 1. The summed E-state index contributed by atoms with van der Waals surface area (Å²) >= 11 is 0. The summed E-state index contributed by atoms with van der Waals surface area (Å²) in [6.07, 6.45) is 1.56. The molecular formula is C20H26N4O2. The predicted molar refractivity (Wildman–Crippen MR) is 101 cm³/mol. The average molecular weight is 354 g/mol. The molecule has 26 heavy (non-hydrogen) atoms. The van der Waals surface area contributed by atoms with Crippen molar-refractivity contribution in [2.75, 3.05) is 5.32 Å². The highest BCUT2D eigenvalue weighted by atomic mass is 16.5. The van der Waals surface area contributed by atoms with Gasteiger partial charge in [0.05, 0.1) is 30.8 Å². The Morgan fingerprint density at radius 1 is 1.31 bits per heavy atom. The first-order chi connectivity index (χ1) is 12.4. The molecule has 6 nitrogen and oxygen atoms in total. The van der Waals surface area contributed by atoms with E-state index in [1.54, 1.807) is 0 Å². The van der Waals surface area contributed by atoms with E-state index in [0.29, 0.717) is 25.8 Å². The summed E-state index contributed by atoms with van der Waals surface area (Å²) in [5.41, 5.74) is 3.78. The molecule has 1 aromatic carbocycles. The second-order valence-corrected chi connectivity index (χ2v) is 6.52. The minimum atomic E-state index is -0.0360. The molecular weight excluding hydrogens is 328 g/mol. The minimum absolute atomic E-state index is 0.0360. The molecule has 0 radical (unpaired) electrons. The number of hydrogen-bond donors (Lipinski definition) is 1. The molecule has 2 rings (SSSR count). The lowest BCUT2D eigenvalue weighted by Gasteiger charge is -2.10. The number of hydrogen-bond acceptors (Lipinski definition) is 4. The molecule has 0 spiro atoms. The van der Waals surface area contributed by atoms with Crippen LogP contribution in [0.2, 0.25) is 0 Å². The second-order valence-electron chi connectivity index (χ2n) is 6.52. The van der Waals surface area contributed by atoms with Crippen molar-refractivity contribution >= 4 is 11.6 Å². The number of nitrogens with one attached hydrogen (secondary N) is 1. The molecule has 1 aromatic heterocycles. The quantitative estimate of drug-likeness (QED) is 0.782. The number of nitriles is 1. The van der Waals surface area contributed by atoms with Gasteiger partial charge in [0.15, 0.2) is 0 Å². The van der Waals surface area contributed by atoms with E-state index in [2.05, 4.69) is 16.5 Å². The largest absolute Gasteiger partial charge is 0.491 e. The van der Waals surface area contributed by atoms with Crippen LogP contribution in [-0.4, -0.2) is 21.8 Å². The van der Waals surface area contributed by atoms with Crippen molar-refractivity contribution in [3.05, 3.63) is 41.2 Å². The highest BCUT2D eigenvalue weighted by Gasteiger charge is 2.13. The van der Waals surface area contributed by atoms with Gasteiger partial charge in [-0.25, -0.2) is 0 Å². The van der Waals surface area contributed by atoms with Crippen molar-refractivity contribution in [3.8, 4) is 11.8 Å². The number of aryl methyl sites for hydroxylation is 2. The number of benzene rings is 1. The zero-order valence-electron chi connectivity index (χ0n) is 15.9. The van der Waals surface area contributed by atoms with Crippen molar-refractivity contribution in [1.29, 1.82) is 5.26 Å². The molecule has 0 unspecified atom stereocenters. The monoisotopic (exact) mass is 354 g/mol. The van der Waals surface area contributed by atoms with Gasteiger partial charge < -0.3 is 10.1 Å². The van der Waals surface area contributed by atoms with Crippen LogP contribution in [0.5, 0.6) is 5.75 Å². The van der Waals surface area contributed by atoms with Crippen molar-refractivity contribution < 1.29 is 9.53 Å². The molecule has 0 fully saturated rings. The van der Waals surface area contributed by atoms with E-state index in [9.17, 15) is 4.79 Å². The summed E-state index contributed by atoms with van der Waals surface area (Å²) < 4.78 is 7.44. The van der Waals surface area contributed by atoms with E-state index < -0.39 is 0 Å². The normalized spacial score (nSPS) is 10.6. The maximum absolute atomic E-state index is 12.2. The first-order valence-electron chi connectivity index (χ1n) is 8.87. The zero-order valence-corrected chi connectivity index (χ0v) is 15.9. The first kappa shape index (κ1) is 19.5. The lowest BCUT2D eigenvalue weighted by molar-refractivity contribution is -0.116. The number of carbonyl (C=O) groups excluding carboxylic acids is 1. The third-order valence-electron chi connectivity index (χ3n) is 4.08. The van der Waals surface area contributed by atoms with Gasteiger partial charge in [-0.1, -0.05) is 0 Å². The van der Waals surface area contributed by atoms with Crippen LogP contribution in [0.1, 0.15) is 43.6 Å². The van der Waals surface area contributed by atoms with Crippen molar-refractivity contribution in [2.45, 2.75) is 59.6 Å². The van der Waals surface area contributed by atoms with Gasteiger partial charge in [0, 0.05) is 17.8 Å². The van der Waals surface area contributed by atoms with Crippen LogP contribution in [0.3, 0.4) is 0 Å². The average Bonchev–Trinajstić information content (AvgIpc) is 2.86. The molecule has 0 aliphatic heterocycles. The number of nitrogens with zero attached hydrogens (tertiary/aromatic N) is 3. The van der Waals surface area contributed by atoms with Gasteiger partial charge in [0.1, 0.15) is 5.75 Å². The summed E-state index contributed by atoms with van der Waals surface area (Å²) in [6, 6.07) is 9.51. The molecule has 0 bridgehead atoms. The zero-order chi connectivity index (χ0) is 19.1. The smallest absolute Gasteiger partial charge is 0.224 e. The maximum atomic E-state index is 12.2. The lowest BCUT2D eigenvalue weighted by Crippen LogP contribution is -2.13. The van der Waals surface area contributed by atoms with Crippen LogP contribution < -0.4 is 10.1 Å². The summed E-state index contributed by atoms with van der Waals surface area (Å²) in [6.45, 7) is 8.46. The predicted octanol–water partition coefficient (Wildman–Crippen LogP) is 3.77. The van der Waals surface area contributed by atoms with E-state index in [-0.39, 0.29) is 12.0 Å². The number of carbonyl (C=O) groups is 1. The Bertz CT molecular complexity index is 785. The van der Waals surface area contributed by atoms with E-state index in [1.807, 2.05) is 56.6 Å². The highest BCUT2D eigenvalue weighted by molar-refractivity contribution is 5.90. The molecule has 1 N–H and O–H groups in total. The number of ether oxygens (including phenoxy) is 1. The topological polar surface area (TPSA) is 79.9 Å². The van der Waals surface area contributed by atoms with Crippen LogP contribution in [0.4, 0.5) is 5.69 Å². The van der Waals surface area contributed by atoms with E-state index >= 15 is 0 Å². The molecule has 1 amide bonds. The molecule has 1 heterocycles. The van der Waals surface area contributed by atoms with E-state index in [0.717, 1.165) is 28.4 Å². The molecule has 2 aromatic rings. The lowest BCUT2D eigenvalue weighted by atomic mass is 10.1. The fourth-order valence-corrected chi connectivity index (χ4v) is 2.82. The van der Waals surface area contributed by atoms with Gasteiger partial charge in [-0.05, 0) is 63.9 Å². The fraction of sp³-hybridized carbons (Fsp3) is 0.450. The van der Waals surface area contributed by atoms with Gasteiger partial charge >= 0.3 is 0 Å². The highest BCUT2D eigenvalue weighted by Crippen LogP contribution is 2.18. The minimum Gasteiger partial charge on any atom is -0.491 e. The Kier molecular flexibility index (Phi) is 6.79. The van der Waals surface area contributed by atoms with Crippen molar-refractivity contribution in [3.63, 3.8) is 0 Å². The number of amides is 1. The third kappa shape index (κ3) is 5.35. The Morgan fingerprint density at radius 2 is 2.00 bits per heavy atom. The van der Waals surface area contributed by atoms with Gasteiger partial charge in [-0.15, -0.1) is 0 Å². The maximum Gasteiger partial charge on any atom is 0.224 e. The Labute approximate surface area is 154 Å². The summed E-state index contributed by atoms with van der Waals surface area (Å²) in [5.74, 6) is 0.750. The van der Waals surface area contributed by atoms with Crippen LogP contribution in [0.15, 0.2) is 24.3 Å². The van der Waals surface area contributed by atoms with E-state index in [4.69, 9.17) is 10.00 Å². The van der Waals surface area contributed by atoms with Gasteiger partial charge in [0.25, 0.3) is 0 Å². The molecule has 0 atom stereocenters. The van der Waals surface area contributed by atoms with Crippen molar-refractivity contribution in [1.82, 2.24) is 9.78 Å². The Morgan fingerprint density at radius 3 is 2.62 bits per heavy atom. The first-order valence-corrected chi connectivity index (χ1v) is 8.87. The number of aromatic nitrogens is 2. The molecule has 138 valence electrons. The summed E-state index contributed by atoms with van der Waals surface area (Å²) in [4.78, 5) is 12.2. The Balaban J connectivity index is 1.91. The Hall–Kier alpha value is -2.81. The molecule has 0 saturated carbocycles. The standard InChI is InChI=1S/C20H26N4O2/c1-14(2)26-18-8-6-17(7-9-18)22-20(25)11-10-19-15(3)23-24(16(19)4)13-5-12-21/h6-9,14H,5,10-11,13H2,1-4H3,(H,22,25). The van der Waals surface area contributed by atoms with Gasteiger partial charge in [0.2, 0.25) is 5.91 Å². The van der Waals surface area contributed by atoms with Crippen LogP contribution in [0, 0.1) is 25.2 Å². The fourth-order valence-electron chi connectivity index (χ4n) is 2.82. The molecule has 0 aliphatic rings.